The summed E-state index contributed by atoms with van der Waals surface area (Å²) in [5.41, 5.74) is 5.24. The topological polar surface area (TPSA) is 120 Å². The van der Waals surface area contributed by atoms with Crippen molar-refractivity contribution in [1.29, 1.82) is 0 Å². The number of nitrogens with zero attached hydrogens (tertiary/aromatic N) is 4. The molecule has 364 valence electrons. The summed E-state index contributed by atoms with van der Waals surface area (Å²) >= 11 is 0. The van der Waals surface area contributed by atoms with E-state index in [9.17, 15) is 19.5 Å². The standard InChI is InChI=1S/C61H54N4O7Si/c1-38-57(73(3,4)46-28-26-45(71-2)27-29-46)53(35-54(67)62(31-32-66)36-39-13-6-5-7-14-39)72-61(38)49-34-44(65-52-24-12-19-42-17-10-22-48(56(42)52)59(65)69)25-30-50(49)63(60(61)70)37-40-15-8-20-43(33-40)64-51-23-11-18-41-16-9-21-47(55(41)51)58(64)68/h5-30,33-34,38,53,57,66H,31-32,35-37H2,1-4H3/t38-,53+,57-,61+/m1/s1. The van der Waals surface area contributed by atoms with Gasteiger partial charge in [0.25, 0.3) is 17.7 Å². The zero-order valence-corrected chi connectivity index (χ0v) is 42.1. The molecule has 0 saturated carbocycles. The quantitative estimate of drug-likeness (QED) is 0.114. The summed E-state index contributed by atoms with van der Waals surface area (Å²) in [5, 5.41) is 15.1. The molecule has 1 saturated heterocycles. The van der Waals surface area contributed by atoms with Crippen molar-refractivity contribution in [2.75, 3.05) is 35.0 Å². The van der Waals surface area contributed by atoms with Crippen LogP contribution in [0.1, 0.15) is 50.8 Å². The van der Waals surface area contributed by atoms with Gasteiger partial charge < -0.3 is 24.4 Å². The van der Waals surface area contributed by atoms with Crippen LogP contribution in [0.25, 0.3) is 21.5 Å². The minimum atomic E-state index is -2.72. The van der Waals surface area contributed by atoms with Gasteiger partial charge in [-0.15, -0.1) is 0 Å². The Morgan fingerprint density at radius 2 is 1.27 bits per heavy atom. The van der Waals surface area contributed by atoms with Gasteiger partial charge in [-0.1, -0.05) is 128 Å². The van der Waals surface area contributed by atoms with Crippen LogP contribution >= 0.6 is 0 Å². The van der Waals surface area contributed by atoms with E-state index in [-0.39, 0.29) is 55.3 Å². The second kappa shape index (κ2) is 17.7. The van der Waals surface area contributed by atoms with E-state index in [1.807, 2.05) is 158 Å². The van der Waals surface area contributed by atoms with E-state index in [0.717, 1.165) is 55.0 Å². The molecule has 8 aromatic carbocycles. The van der Waals surface area contributed by atoms with Gasteiger partial charge in [-0.2, -0.15) is 0 Å². The van der Waals surface area contributed by atoms with Crippen LogP contribution in [0.5, 0.6) is 5.75 Å². The molecule has 4 amide bonds. The van der Waals surface area contributed by atoms with E-state index in [2.05, 4.69) is 32.2 Å². The van der Waals surface area contributed by atoms with Crippen LogP contribution < -0.4 is 24.6 Å². The summed E-state index contributed by atoms with van der Waals surface area (Å²) in [6.45, 7) is 7.03. The maximum atomic E-state index is 16.2. The minimum Gasteiger partial charge on any atom is -0.497 e. The van der Waals surface area contributed by atoms with Gasteiger partial charge in [0.1, 0.15) is 5.75 Å². The van der Waals surface area contributed by atoms with Crippen molar-refractivity contribution in [3.63, 3.8) is 0 Å². The molecule has 8 aromatic rings. The first-order valence-corrected chi connectivity index (χ1v) is 28.0. The summed E-state index contributed by atoms with van der Waals surface area (Å²) in [7, 11) is -1.08. The molecule has 4 heterocycles. The van der Waals surface area contributed by atoms with Gasteiger partial charge in [0, 0.05) is 46.7 Å². The minimum absolute atomic E-state index is 0.0263. The molecule has 12 rings (SSSR count). The second-order valence-electron chi connectivity index (χ2n) is 20.3. The van der Waals surface area contributed by atoms with Crippen molar-refractivity contribution >= 4 is 86.9 Å². The highest BCUT2D eigenvalue weighted by atomic mass is 28.3. The average molecular weight is 983 g/mol. The third-order valence-corrected chi connectivity index (χ3v) is 20.4. The highest BCUT2D eigenvalue weighted by molar-refractivity contribution is 6.91. The fraction of sp³-hybridized carbons (Fsp3) is 0.213. The fourth-order valence-electron chi connectivity index (χ4n) is 12.6. The first-order valence-electron chi connectivity index (χ1n) is 25.0. The molecule has 12 heteroatoms. The molecular weight excluding hydrogens is 929 g/mol. The normalized spacial score (nSPS) is 19.8. The van der Waals surface area contributed by atoms with Crippen LogP contribution in [0, 0.1) is 5.92 Å². The van der Waals surface area contributed by atoms with Crippen molar-refractivity contribution in [2.45, 2.75) is 56.8 Å². The predicted octanol–water partition coefficient (Wildman–Crippen LogP) is 10.8. The Morgan fingerprint density at radius 1 is 0.685 bits per heavy atom. The van der Waals surface area contributed by atoms with E-state index >= 15 is 4.79 Å². The molecule has 0 unspecified atom stereocenters. The molecule has 1 fully saturated rings. The molecule has 11 nitrogen and oxygen atoms in total. The zero-order valence-electron chi connectivity index (χ0n) is 41.1. The Hall–Kier alpha value is -7.90. The zero-order chi connectivity index (χ0) is 50.3. The Bertz CT molecular complexity index is 3550. The molecular formula is C61H54N4O7Si. The highest BCUT2D eigenvalue weighted by Gasteiger charge is 2.66. The molecule has 4 atom stereocenters. The van der Waals surface area contributed by atoms with Crippen LogP contribution in [-0.2, 0) is 33.0 Å². The number of fused-ring (bicyclic) bond motifs is 2. The third-order valence-electron chi connectivity index (χ3n) is 16.0. The molecule has 0 aromatic heterocycles. The van der Waals surface area contributed by atoms with Gasteiger partial charge >= 0.3 is 0 Å². The van der Waals surface area contributed by atoms with Crippen LogP contribution in [0.15, 0.2) is 170 Å². The van der Waals surface area contributed by atoms with E-state index in [1.165, 1.54) is 0 Å². The third kappa shape index (κ3) is 7.21. The van der Waals surface area contributed by atoms with Crippen molar-refractivity contribution in [1.82, 2.24) is 4.90 Å². The summed E-state index contributed by atoms with van der Waals surface area (Å²) in [5.74, 6) is -0.468. The molecule has 1 spiro atoms. The Balaban J connectivity index is 0.983. The number of anilines is 5. The maximum absolute atomic E-state index is 16.2. The summed E-state index contributed by atoms with van der Waals surface area (Å²) in [6, 6.07) is 54.8. The summed E-state index contributed by atoms with van der Waals surface area (Å²) in [4.78, 5) is 66.7. The SMILES string of the molecule is COc1ccc([Si](C)(C)[C@H]2[C@H](CC(=O)N(CCO)Cc3ccccc3)O[C@@]3(C(=O)N(Cc4cccc(N5C(=O)c6cccc7cccc5c67)c4)c4ccc(N5C(=O)c6cccc7cccc5c67)cc43)[C@@H]2C)cc1. The smallest absolute Gasteiger partial charge is 0.264 e. The lowest BCUT2D eigenvalue weighted by atomic mass is 9.82. The van der Waals surface area contributed by atoms with Crippen molar-refractivity contribution in [3.05, 3.63) is 198 Å². The maximum Gasteiger partial charge on any atom is 0.264 e. The number of aliphatic hydroxyl groups is 1. The molecule has 4 aliphatic heterocycles. The lowest BCUT2D eigenvalue weighted by molar-refractivity contribution is -0.150. The molecule has 1 N–H and O–H groups in total. The van der Waals surface area contributed by atoms with E-state index < -0.39 is 25.7 Å². The number of carbonyl (C=O) groups is 4. The Kier molecular flexibility index (Phi) is 11.2. The van der Waals surface area contributed by atoms with Gasteiger partial charge in [0.05, 0.1) is 69.0 Å². The van der Waals surface area contributed by atoms with Crippen LogP contribution in [0.4, 0.5) is 28.4 Å². The molecule has 4 aliphatic rings. The number of hydrogen-bond acceptors (Lipinski definition) is 7. The van der Waals surface area contributed by atoms with Gasteiger partial charge in [-0.3, -0.25) is 29.0 Å². The number of aliphatic hydroxyl groups excluding tert-OH is 1. The Labute approximate surface area is 424 Å². The average Bonchev–Trinajstić information content (AvgIpc) is 4.06. The highest BCUT2D eigenvalue weighted by Crippen LogP contribution is 2.61. The fourth-order valence-corrected chi connectivity index (χ4v) is 16.6. The van der Waals surface area contributed by atoms with Crippen LogP contribution in [-0.4, -0.2) is 68.1 Å². The molecule has 0 bridgehead atoms. The van der Waals surface area contributed by atoms with Crippen molar-refractivity contribution < 1.29 is 33.8 Å². The summed E-state index contributed by atoms with van der Waals surface area (Å²) < 4.78 is 13.1. The molecule has 0 aliphatic carbocycles. The predicted molar refractivity (Wildman–Crippen MR) is 288 cm³/mol. The number of rotatable bonds is 13. The second-order valence-corrected chi connectivity index (χ2v) is 25.0. The largest absolute Gasteiger partial charge is 0.497 e. The number of benzene rings is 8. The number of carbonyl (C=O) groups excluding carboxylic acids is 4. The summed E-state index contributed by atoms with van der Waals surface area (Å²) in [6.07, 6.45) is -0.745. The lowest BCUT2D eigenvalue weighted by Gasteiger charge is -2.37. The van der Waals surface area contributed by atoms with Gasteiger partial charge in [-0.25, -0.2) is 0 Å². The lowest BCUT2D eigenvalue weighted by Crippen LogP contribution is -2.52. The Morgan fingerprint density at radius 3 is 1.89 bits per heavy atom. The molecule has 73 heavy (non-hydrogen) atoms. The van der Waals surface area contributed by atoms with Crippen molar-refractivity contribution in [2.24, 2.45) is 5.92 Å². The van der Waals surface area contributed by atoms with Gasteiger partial charge in [-0.05, 0) is 94.2 Å². The van der Waals surface area contributed by atoms with E-state index in [4.69, 9.17) is 9.47 Å². The van der Waals surface area contributed by atoms with E-state index in [1.54, 1.807) is 26.7 Å². The first kappa shape index (κ1) is 46.2. The van der Waals surface area contributed by atoms with Crippen molar-refractivity contribution in [3.8, 4) is 5.75 Å². The number of amides is 4. The van der Waals surface area contributed by atoms with E-state index in [0.29, 0.717) is 40.3 Å². The van der Waals surface area contributed by atoms with Crippen LogP contribution in [0.2, 0.25) is 18.6 Å². The first-order chi connectivity index (χ1) is 35.4. The van der Waals surface area contributed by atoms with Gasteiger partial charge in [0.15, 0.2) is 5.60 Å². The van der Waals surface area contributed by atoms with Crippen LogP contribution in [0.3, 0.4) is 0 Å². The number of ether oxygens (including phenoxy) is 2. The molecule has 0 radical (unpaired) electrons. The van der Waals surface area contributed by atoms with Gasteiger partial charge in [0.2, 0.25) is 5.91 Å². The number of hydrogen-bond donors (Lipinski definition) is 1. The number of methoxy groups -OCH3 is 1. The monoisotopic (exact) mass is 982 g/mol.